The van der Waals surface area contributed by atoms with Gasteiger partial charge in [-0.05, 0) is 38.1 Å². The quantitative estimate of drug-likeness (QED) is 0.630. The highest BCUT2D eigenvalue weighted by atomic mass is 79.9. The lowest BCUT2D eigenvalue weighted by atomic mass is 10.3. The largest absolute Gasteiger partial charge is 0.383 e. The molecule has 0 fully saturated rings. The zero-order valence-corrected chi connectivity index (χ0v) is 16.7. The van der Waals surface area contributed by atoms with E-state index in [1.807, 2.05) is 36.6 Å². The summed E-state index contributed by atoms with van der Waals surface area (Å²) in [6.07, 6.45) is 1.80. The molecule has 0 radical (unpaired) electrons. The van der Waals surface area contributed by atoms with Crippen molar-refractivity contribution in [1.82, 2.24) is 14.3 Å². The first-order valence-corrected chi connectivity index (χ1v) is 9.52. The fraction of sp³-hybridized carbons (Fsp3) is 0.353. The Bertz CT molecular complexity index is 971. The minimum absolute atomic E-state index is 0.204. The number of halogens is 1. The average Bonchev–Trinajstić information content (AvgIpc) is 3.17. The van der Waals surface area contributed by atoms with Crippen molar-refractivity contribution in [2.45, 2.75) is 26.4 Å². The van der Waals surface area contributed by atoms with Crippen LogP contribution in [0.3, 0.4) is 0 Å². The number of thiazole rings is 1. The van der Waals surface area contributed by atoms with Gasteiger partial charge in [-0.25, -0.2) is 0 Å². The lowest BCUT2D eigenvalue weighted by Crippen LogP contribution is -2.19. The Labute approximate surface area is 157 Å². The Kier molecular flexibility index (Phi) is 5.51. The minimum Gasteiger partial charge on any atom is -0.383 e. The molecule has 0 spiro atoms. The van der Waals surface area contributed by atoms with Gasteiger partial charge in [0.2, 0.25) is 0 Å². The van der Waals surface area contributed by atoms with Crippen LogP contribution in [-0.4, -0.2) is 34.0 Å². The number of fused-ring (bicyclic) bond motifs is 1. The second-order valence-corrected chi connectivity index (χ2v) is 7.76. The number of rotatable bonds is 5. The van der Waals surface area contributed by atoms with Crippen LogP contribution in [0, 0.1) is 0 Å². The molecule has 0 unspecified atom stereocenters. The first-order chi connectivity index (χ1) is 12.0. The molecular weight excluding hydrogens is 404 g/mol. The summed E-state index contributed by atoms with van der Waals surface area (Å²) < 4.78 is 11.0. The van der Waals surface area contributed by atoms with Crippen LogP contribution in [0.4, 0.5) is 0 Å². The Morgan fingerprint density at radius 3 is 2.88 bits per heavy atom. The van der Waals surface area contributed by atoms with Crippen molar-refractivity contribution in [2.75, 3.05) is 13.7 Å². The van der Waals surface area contributed by atoms with Gasteiger partial charge in [-0.15, -0.1) is 0 Å². The number of nitrogens with zero attached hydrogens (tertiary/aromatic N) is 4. The smallest absolute Gasteiger partial charge is 0.300 e. The summed E-state index contributed by atoms with van der Waals surface area (Å²) in [4.78, 5) is 17.5. The van der Waals surface area contributed by atoms with E-state index in [1.54, 1.807) is 24.1 Å². The van der Waals surface area contributed by atoms with E-state index in [4.69, 9.17) is 4.74 Å². The highest BCUT2D eigenvalue weighted by Crippen LogP contribution is 2.22. The SMILES string of the molecule is COCCn1c(=NC(=O)c2ccn(C(C)C)n2)sc2cc(Br)ccc21. The number of amides is 1. The molecule has 132 valence electrons. The Morgan fingerprint density at radius 2 is 2.20 bits per heavy atom. The Morgan fingerprint density at radius 1 is 1.40 bits per heavy atom. The van der Waals surface area contributed by atoms with Crippen molar-refractivity contribution >= 4 is 43.4 Å². The van der Waals surface area contributed by atoms with Crippen molar-refractivity contribution in [3.63, 3.8) is 0 Å². The number of aromatic nitrogens is 3. The van der Waals surface area contributed by atoms with Gasteiger partial charge in [0.25, 0.3) is 5.91 Å². The molecule has 0 N–H and O–H groups in total. The Hall–Kier alpha value is -1.77. The van der Waals surface area contributed by atoms with Gasteiger partial charge in [0.05, 0.1) is 16.8 Å². The predicted molar refractivity (Wildman–Crippen MR) is 102 cm³/mol. The first kappa shape index (κ1) is 18.0. The molecule has 1 aromatic carbocycles. The van der Waals surface area contributed by atoms with E-state index in [0.717, 1.165) is 14.7 Å². The number of hydrogen-bond donors (Lipinski definition) is 0. The summed E-state index contributed by atoms with van der Waals surface area (Å²) in [6, 6.07) is 7.93. The van der Waals surface area contributed by atoms with Crippen LogP contribution in [0.1, 0.15) is 30.4 Å². The van der Waals surface area contributed by atoms with E-state index >= 15 is 0 Å². The highest BCUT2D eigenvalue weighted by Gasteiger charge is 2.12. The minimum atomic E-state index is -0.337. The molecule has 2 heterocycles. The second-order valence-electron chi connectivity index (χ2n) is 5.83. The molecule has 6 nitrogen and oxygen atoms in total. The van der Waals surface area contributed by atoms with E-state index in [0.29, 0.717) is 23.6 Å². The highest BCUT2D eigenvalue weighted by molar-refractivity contribution is 9.10. The van der Waals surface area contributed by atoms with Crippen LogP contribution in [-0.2, 0) is 11.3 Å². The molecule has 1 amide bonds. The number of methoxy groups -OCH3 is 1. The summed E-state index contributed by atoms with van der Waals surface area (Å²) in [5, 5.41) is 4.30. The van der Waals surface area contributed by atoms with E-state index < -0.39 is 0 Å². The van der Waals surface area contributed by atoms with Gasteiger partial charge < -0.3 is 9.30 Å². The predicted octanol–water partition coefficient (Wildman–Crippen LogP) is 3.63. The van der Waals surface area contributed by atoms with Gasteiger partial charge in [-0.2, -0.15) is 10.1 Å². The van der Waals surface area contributed by atoms with Gasteiger partial charge >= 0.3 is 0 Å². The van der Waals surface area contributed by atoms with E-state index in [2.05, 4.69) is 26.0 Å². The summed E-state index contributed by atoms with van der Waals surface area (Å²) in [5.74, 6) is -0.337. The van der Waals surface area contributed by atoms with Crippen LogP contribution in [0.2, 0.25) is 0 Å². The number of benzene rings is 1. The van der Waals surface area contributed by atoms with Crippen molar-refractivity contribution in [3.05, 3.63) is 45.4 Å². The summed E-state index contributed by atoms with van der Waals surface area (Å²) in [7, 11) is 1.66. The van der Waals surface area contributed by atoms with E-state index in [-0.39, 0.29) is 11.9 Å². The number of hydrogen-bond acceptors (Lipinski definition) is 4. The number of carbonyl (C=O) groups is 1. The molecule has 0 saturated heterocycles. The standard InChI is InChI=1S/C17H19BrN4O2S/c1-11(2)22-7-6-13(20-22)16(23)19-17-21(8-9-24-3)14-5-4-12(18)10-15(14)25-17/h4-7,10-11H,8-9H2,1-3H3. The molecule has 0 aliphatic rings. The maximum atomic E-state index is 12.5. The van der Waals surface area contributed by atoms with Gasteiger partial charge in [0.15, 0.2) is 10.5 Å². The average molecular weight is 423 g/mol. The van der Waals surface area contributed by atoms with Gasteiger partial charge in [0.1, 0.15) is 0 Å². The molecule has 25 heavy (non-hydrogen) atoms. The summed E-state index contributed by atoms with van der Waals surface area (Å²) in [6.45, 7) is 5.21. The lowest BCUT2D eigenvalue weighted by molar-refractivity contribution is 0.0991. The molecule has 2 aromatic heterocycles. The zero-order valence-electron chi connectivity index (χ0n) is 14.3. The normalized spacial score (nSPS) is 12.4. The number of ether oxygens (including phenoxy) is 1. The third kappa shape index (κ3) is 3.91. The zero-order chi connectivity index (χ0) is 18.0. The molecule has 3 rings (SSSR count). The van der Waals surface area contributed by atoms with Gasteiger partial charge in [-0.3, -0.25) is 9.48 Å². The van der Waals surface area contributed by atoms with Crippen LogP contribution < -0.4 is 4.80 Å². The maximum Gasteiger partial charge on any atom is 0.300 e. The topological polar surface area (TPSA) is 61.4 Å². The molecule has 0 aliphatic heterocycles. The van der Waals surface area contributed by atoms with E-state index in [1.165, 1.54) is 11.3 Å². The van der Waals surface area contributed by atoms with Crippen molar-refractivity contribution in [2.24, 2.45) is 4.99 Å². The van der Waals surface area contributed by atoms with Crippen molar-refractivity contribution in [1.29, 1.82) is 0 Å². The maximum absolute atomic E-state index is 12.5. The van der Waals surface area contributed by atoms with E-state index in [9.17, 15) is 4.79 Å². The lowest BCUT2D eigenvalue weighted by Gasteiger charge is -2.04. The molecule has 0 aliphatic carbocycles. The summed E-state index contributed by atoms with van der Waals surface area (Å²) in [5.41, 5.74) is 1.38. The fourth-order valence-corrected chi connectivity index (χ4v) is 4.02. The molecule has 0 atom stereocenters. The third-order valence-corrected chi connectivity index (χ3v) is 5.25. The monoisotopic (exact) mass is 422 g/mol. The molecule has 3 aromatic rings. The van der Waals surface area contributed by atoms with Crippen molar-refractivity contribution in [3.8, 4) is 0 Å². The summed E-state index contributed by atoms with van der Waals surface area (Å²) >= 11 is 4.97. The molecule has 0 bridgehead atoms. The number of carbonyl (C=O) groups excluding carboxylic acids is 1. The van der Waals surface area contributed by atoms with Crippen LogP contribution in [0.15, 0.2) is 39.9 Å². The molecular formula is C17H19BrN4O2S. The third-order valence-electron chi connectivity index (χ3n) is 3.72. The second kappa shape index (κ2) is 7.63. The first-order valence-electron chi connectivity index (χ1n) is 7.91. The fourth-order valence-electron chi connectivity index (χ4n) is 2.41. The molecule has 8 heteroatoms. The van der Waals surface area contributed by atoms with Crippen LogP contribution in [0.25, 0.3) is 10.2 Å². The van der Waals surface area contributed by atoms with Crippen molar-refractivity contribution < 1.29 is 9.53 Å². The van der Waals surface area contributed by atoms with Crippen LogP contribution in [0.5, 0.6) is 0 Å². The van der Waals surface area contributed by atoms with Gasteiger partial charge in [-0.1, -0.05) is 27.3 Å². The Balaban J connectivity index is 2.05. The van der Waals surface area contributed by atoms with Crippen LogP contribution >= 0.6 is 27.3 Å². The van der Waals surface area contributed by atoms with Gasteiger partial charge in [0, 0.05) is 30.4 Å². The molecule has 0 saturated carbocycles.